The Hall–Kier alpha value is -0.570. The summed E-state index contributed by atoms with van der Waals surface area (Å²) in [5.74, 6) is 0.297. The number of halogens is 2. The summed E-state index contributed by atoms with van der Waals surface area (Å²) in [6, 6.07) is 5.27. The highest BCUT2D eigenvalue weighted by atomic mass is 79.9. The van der Waals surface area contributed by atoms with Gasteiger partial charge >= 0.3 is 0 Å². The molecule has 1 aromatic carbocycles. The van der Waals surface area contributed by atoms with E-state index in [4.69, 9.17) is 0 Å². The van der Waals surface area contributed by atoms with Crippen molar-refractivity contribution in [3.63, 3.8) is 0 Å². The van der Waals surface area contributed by atoms with Crippen molar-refractivity contribution in [3.8, 4) is 0 Å². The molecule has 0 radical (unpaired) electrons. The summed E-state index contributed by atoms with van der Waals surface area (Å²) in [5, 5.41) is 3.23. The Morgan fingerprint density at radius 1 is 1.40 bits per heavy atom. The van der Waals surface area contributed by atoms with Crippen LogP contribution in [0.2, 0.25) is 0 Å². The molecular formula is C12H17BrFN. The van der Waals surface area contributed by atoms with E-state index < -0.39 is 0 Å². The minimum absolute atomic E-state index is 0.197. The molecule has 1 rings (SSSR count). The molecule has 0 aliphatic carbocycles. The van der Waals surface area contributed by atoms with E-state index in [1.165, 1.54) is 6.07 Å². The van der Waals surface area contributed by atoms with Crippen LogP contribution in [0.1, 0.15) is 27.2 Å². The van der Waals surface area contributed by atoms with E-state index in [0.717, 1.165) is 10.9 Å². The first-order valence-corrected chi connectivity index (χ1v) is 6.05. The van der Waals surface area contributed by atoms with Crippen LogP contribution in [0.25, 0.3) is 0 Å². The van der Waals surface area contributed by atoms with Gasteiger partial charge in [0.2, 0.25) is 0 Å². The molecule has 0 amide bonds. The van der Waals surface area contributed by atoms with Crippen molar-refractivity contribution in [1.29, 1.82) is 0 Å². The van der Waals surface area contributed by atoms with E-state index in [-0.39, 0.29) is 5.82 Å². The Kier molecular flexibility index (Phi) is 4.58. The first-order chi connectivity index (χ1) is 7.04. The fourth-order valence-corrected chi connectivity index (χ4v) is 1.91. The Labute approximate surface area is 99.2 Å². The Balaban J connectivity index is 2.82. The van der Waals surface area contributed by atoms with E-state index >= 15 is 0 Å². The number of anilines is 1. The molecule has 0 aromatic heterocycles. The second-order valence-corrected chi connectivity index (χ2v) is 4.94. The third-order valence-electron chi connectivity index (χ3n) is 2.51. The van der Waals surface area contributed by atoms with Gasteiger partial charge in [-0.3, -0.25) is 0 Å². The highest BCUT2D eigenvalue weighted by Gasteiger charge is 2.12. The van der Waals surface area contributed by atoms with E-state index in [1.54, 1.807) is 12.1 Å². The molecule has 0 bridgehead atoms. The van der Waals surface area contributed by atoms with Crippen LogP contribution in [-0.4, -0.2) is 6.04 Å². The molecule has 1 unspecified atom stereocenters. The summed E-state index contributed by atoms with van der Waals surface area (Å²) in [6.45, 7) is 6.38. The predicted molar refractivity (Wildman–Crippen MR) is 66.6 cm³/mol. The summed E-state index contributed by atoms with van der Waals surface area (Å²) in [4.78, 5) is 0. The zero-order chi connectivity index (χ0) is 11.4. The van der Waals surface area contributed by atoms with Crippen LogP contribution < -0.4 is 5.32 Å². The quantitative estimate of drug-likeness (QED) is 0.856. The van der Waals surface area contributed by atoms with E-state index in [2.05, 4.69) is 42.0 Å². The fraction of sp³-hybridized carbons (Fsp3) is 0.500. The van der Waals surface area contributed by atoms with Crippen LogP contribution in [0.4, 0.5) is 10.1 Å². The molecule has 1 aromatic rings. The van der Waals surface area contributed by atoms with E-state index in [0.29, 0.717) is 17.6 Å². The average Bonchev–Trinajstić information content (AvgIpc) is 2.18. The predicted octanol–water partition coefficient (Wildman–Crippen LogP) is 4.43. The maximum atomic E-state index is 13.4. The minimum atomic E-state index is -0.197. The zero-order valence-corrected chi connectivity index (χ0v) is 10.9. The van der Waals surface area contributed by atoms with Crippen molar-refractivity contribution in [2.24, 2.45) is 5.92 Å². The number of benzene rings is 1. The minimum Gasteiger partial charge on any atom is -0.380 e. The van der Waals surface area contributed by atoms with Crippen LogP contribution in [-0.2, 0) is 0 Å². The third kappa shape index (κ3) is 3.49. The average molecular weight is 274 g/mol. The van der Waals surface area contributed by atoms with Gasteiger partial charge < -0.3 is 5.32 Å². The molecule has 0 saturated heterocycles. The molecule has 15 heavy (non-hydrogen) atoms. The summed E-state index contributed by atoms with van der Waals surface area (Å²) >= 11 is 3.34. The largest absolute Gasteiger partial charge is 0.380 e. The maximum Gasteiger partial charge on any atom is 0.146 e. The Morgan fingerprint density at radius 3 is 2.60 bits per heavy atom. The highest BCUT2D eigenvalue weighted by molar-refractivity contribution is 9.10. The first-order valence-electron chi connectivity index (χ1n) is 5.26. The van der Waals surface area contributed by atoms with Crippen LogP contribution in [0.5, 0.6) is 0 Å². The Morgan fingerprint density at radius 2 is 2.07 bits per heavy atom. The molecule has 0 fully saturated rings. The second kappa shape index (κ2) is 5.50. The van der Waals surface area contributed by atoms with Gasteiger partial charge in [-0.25, -0.2) is 4.39 Å². The maximum absolute atomic E-state index is 13.4. The molecule has 0 saturated carbocycles. The molecule has 84 valence electrons. The van der Waals surface area contributed by atoms with Crippen molar-refractivity contribution in [3.05, 3.63) is 28.5 Å². The van der Waals surface area contributed by atoms with Gasteiger partial charge in [-0.05, 0) is 30.5 Å². The summed E-state index contributed by atoms with van der Waals surface area (Å²) < 4.78 is 14.3. The lowest BCUT2D eigenvalue weighted by Gasteiger charge is -2.22. The number of nitrogens with one attached hydrogen (secondary N) is 1. The summed E-state index contributed by atoms with van der Waals surface area (Å²) in [5.41, 5.74) is 0.574. The number of rotatable bonds is 4. The molecule has 1 atom stereocenters. The summed E-state index contributed by atoms with van der Waals surface area (Å²) in [6.07, 6.45) is 0.990. The van der Waals surface area contributed by atoms with Crippen molar-refractivity contribution in [2.75, 3.05) is 5.32 Å². The molecule has 0 aliphatic rings. The van der Waals surface area contributed by atoms with Crippen LogP contribution in [0.15, 0.2) is 22.7 Å². The smallest absolute Gasteiger partial charge is 0.146 e. The van der Waals surface area contributed by atoms with Crippen molar-refractivity contribution >= 4 is 21.6 Å². The van der Waals surface area contributed by atoms with Gasteiger partial charge in [-0.1, -0.05) is 36.7 Å². The SMILES string of the molecule is CCC(Nc1cc(Br)ccc1F)C(C)C. The highest BCUT2D eigenvalue weighted by Crippen LogP contribution is 2.22. The lowest BCUT2D eigenvalue weighted by Crippen LogP contribution is -2.25. The summed E-state index contributed by atoms with van der Waals surface area (Å²) in [7, 11) is 0. The monoisotopic (exact) mass is 273 g/mol. The van der Waals surface area contributed by atoms with Crippen molar-refractivity contribution in [2.45, 2.75) is 33.2 Å². The van der Waals surface area contributed by atoms with Gasteiger partial charge in [0.15, 0.2) is 0 Å². The van der Waals surface area contributed by atoms with Gasteiger partial charge in [0.25, 0.3) is 0 Å². The van der Waals surface area contributed by atoms with Gasteiger partial charge in [-0.15, -0.1) is 0 Å². The third-order valence-corrected chi connectivity index (χ3v) is 3.01. The standard InChI is InChI=1S/C12H17BrFN/c1-4-11(8(2)3)15-12-7-9(13)5-6-10(12)14/h5-8,11,15H,4H2,1-3H3. The molecular weight excluding hydrogens is 257 g/mol. The number of hydrogen-bond donors (Lipinski definition) is 1. The van der Waals surface area contributed by atoms with E-state index in [9.17, 15) is 4.39 Å². The Bertz CT molecular complexity index is 325. The molecule has 0 spiro atoms. The van der Waals surface area contributed by atoms with Gasteiger partial charge in [0.05, 0.1) is 5.69 Å². The zero-order valence-electron chi connectivity index (χ0n) is 9.35. The first kappa shape index (κ1) is 12.5. The molecule has 1 nitrogen and oxygen atoms in total. The van der Waals surface area contributed by atoms with Gasteiger partial charge in [-0.2, -0.15) is 0 Å². The van der Waals surface area contributed by atoms with Crippen molar-refractivity contribution in [1.82, 2.24) is 0 Å². The van der Waals surface area contributed by atoms with E-state index in [1.807, 2.05) is 0 Å². The van der Waals surface area contributed by atoms with Gasteiger partial charge in [0, 0.05) is 10.5 Å². The van der Waals surface area contributed by atoms with Crippen molar-refractivity contribution < 1.29 is 4.39 Å². The van der Waals surface area contributed by atoms with Crippen LogP contribution in [0.3, 0.4) is 0 Å². The normalized spacial score (nSPS) is 12.9. The van der Waals surface area contributed by atoms with Gasteiger partial charge in [0.1, 0.15) is 5.82 Å². The molecule has 3 heteroatoms. The molecule has 1 N–H and O–H groups in total. The molecule has 0 heterocycles. The fourth-order valence-electron chi connectivity index (χ4n) is 1.55. The second-order valence-electron chi connectivity index (χ2n) is 4.03. The van der Waals surface area contributed by atoms with Crippen LogP contribution in [0, 0.1) is 11.7 Å². The lowest BCUT2D eigenvalue weighted by molar-refractivity contribution is 0.507. The van der Waals surface area contributed by atoms with Crippen LogP contribution >= 0.6 is 15.9 Å². The number of hydrogen-bond acceptors (Lipinski definition) is 1. The molecule has 0 aliphatic heterocycles. The topological polar surface area (TPSA) is 12.0 Å². The lowest BCUT2D eigenvalue weighted by atomic mass is 10.0.